The molecule has 5 nitrogen and oxygen atoms in total. The second kappa shape index (κ2) is 3.45. The van der Waals surface area contributed by atoms with E-state index in [4.69, 9.17) is 0 Å². The molecular weight excluding hydrogens is 215 g/mol. The molecule has 80 valence electrons. The average Bonchev–Trinajstić information content (AvgIpc) is 2.15. The number of rotatable bonds is 1. The zero-order valence-corrected chi connectivity index (χ0v) is 9.00. The SMILES string of the molecule is CN1N=Cc2ccccc2C1P(=O)(O)O. The van der Waals surface area contributed by atoms with Gasteiger partial charge >= 0.3 is 7.60 Å². The zero-order valence-electron chi connectivity index (χ0n) is 8.11. The summed E-state index contributed by atoms with van der Waals surface area (Å²) in [5, 5.41) is 5.23. The number of hydrazone groups is 1. The lowest BCUT2D eigenvalue weighted by atomic mass is 10.1. The molecule has 1 unspecified atom stereocenters. The van der Waals surface area contributed by atoms with Crippen LogP contribution in [0.1, 0.15) is 16.9 Å². The number of hydrogen-bond acceptors (Lipinski definition) is 3. The van der Waals surface area contributed by atoms with Crippen LogP contribution in [-0.2, 0) is 4.57 Å². The Kier molecular flexibility index (Phi) is 2.38. The third kappa shape index (κ3) is 1.81. The van der Waals surface area contributed by atoms with E-state index in [1.54, 1.807) is 31.5 Å². The number of hydrogen-bond donors (Lipinski definition) is 2. The van der Waals surface area contributed by atoms with Crippen molar-refractivity contribution < 1.29 is 14.4 Å². The molecular formula is C9H11N2O3P. The normalized spacial score (nSPS) is 20.2. The largest absolute Gasteiger partial charge is 0.353 e. The Morgan fingerprint density at radius 1 is 1.40 bits per heavy atom. The number of fused-ring (bicyclic) bond motifs is 1. The molecule has 0 amide bonds. The first-order valence-electron chi connectivity index (χ1n) is 4.41. The topological polar surface area (TPSA) is 73.1 Å². The molecule has 0 fully saturated rings. The van der Waals surface area contributed by atoms with E-state index >= 15 is 0 Å². The highest BCUT2D eigenvalue weighted by atomic mass is 31.2. The van der Waals surface area contributed by atoms with Crippen LogP contribution in [0.2, 0.25) is 0 Å². The lowest BCUT2D eigenvalue weighted by Gasteiger charge is -2.30. The van der Waals surface area contributed by atoms with E-state index < -0.39 is 13.4 Å². The number of benzene rings is 1. The molecule has 15 heavy (non-hydrogen) atoms. The minimum atomic E-state index is -4.22. The van der Waals surface area contributed by atoms with E-state index in [1.807, 2.05) is 6.07 Å². The van der Waals surface area contributed by atoms with Gasteiger partial charge in [0.2, 0.25) is 0 Å². The average molecular weight is 226 g/mol. The first-order valence-corrected chi connectivity index (χ1v) is 6.09. The maximum atomic E-state index is 11.3. The van der Waals surface area contributed by atoms with Crippen LogP contribution in [-0.4, -0.2) is 28.1 Å². The molecule has 1 atom stereocenters. The van der Waals surface area contributed by atoms with Crippen molar-refractivity contribution in [1.82, 2.24) is 5.01 Å². The van der Waals surface area contributed by atoms with Gasteiger partial charge in [-0.15, -0.1) is 0 Å². The number of nitrogens with zero attached hydrogens (tertiary/aromatic N) is 2. The summed E-state index contributed by atoms with van der Waals surface area (Å²) >= 11 is 0. The molecule has 0 saturated heterocycles. The van der Waals surface area contributed by atoms with Gasteiger partial charge in [-0.3, -0.25) is 9.57 Å². The van der Waals surface area contributed by atoms with Gasteiger partial charge in [0.15, 0.2) is 5.78 Å². The highest BCUT2D eigenvalue weighted by Gasteiger charge is 2.36. The van der Waals surface area contributed by atoms with Crippen LogP contribution in [0.5, 0.6) is 0 Å². The quantitative estimate of drug-likeness (QED) is 0.704. The summed E-state index contributed by atoms with van der Waals surface area (Å²) in [6.07, 6.45) is 1.60. The fourth-order valence-electron chi connectivity index (χ4n) is 1.68. The van der Waals surface area contributed by atoms with E-state index in [1.165, 1.54) is 5.01 Å². The van der Waals surface area contributed by atoms with Gasteiger partial charge in [0.25, 0.3) is 0 Å². The maximum absolute atomic E-state index is 11.3. The molecule has 0 aliphatic carbocycles. The van der Waals surface area contributed by atoms with Gasteiger partial charge in [-0.05, 0) is 5.56 Å². The molecule has 2 rings (SSSR count). The monoisotopic (exact) mass is 226 g/mol. The van der Waals surface area contributed by atoms with Crippen LogP contribution in [0.15, 0.2) is 29.4 Å². The minimum Gasteiger partial charge on any atom is -0.323 e. The summed E-state index contributed by atoms with van der Waals surface area (Å²) in [4.78, 5) is 18.5. The Bertz CT molecular complexity index is 454. The van der Waals surface area contributed by atoms with Crippen LogP contribution in [0.25, 0.3) is 0 Å². The predicted octanol–water partition coefficient (Wildman–Crippen LogP) is 1.14. The van der Waals surface area contributed by atoms with Crippen LogP contribution in [0.3, 0.4) is 0 Å². The fourth-order valence-corrected chi connectivity index (χ4v) is 2.77. The van der Waals surface area contributed by atoms with Crippen LogP contribution >= 0.6 is 7.60 Å². The second-order valence-electron chi connectivity index (χ2n) is 3.41. The Labute approximate surface area is 87.2 Å². The minimum absolute atomic E-state index is 0.614. The third-order valence-corrected chi connectivity index (χ3v) is 3.58. The van der Waals surface area contributed by atoms with Crippen LogP contribution in [0.4, 0.5) is 0 Å². The Morgan fingerprint density at radius 2 is 2.07 bits per heavy atom. The zero-order chi connectivity index (χ0) is 11.1. The van der Waals surface area contributed by atoms with E-state index in [-0.39, 0.29) is 0 Å². The Hall–Kier alpha value is -1.16. The van der Waals surface area contributed by atoms with Crippen molar-refractivity contribution in [3.8, 4) is 0 Å². The third-order valence-electron chi connectivity index (χ3n) is 2.33. The van der Waals surface area contributed by atoms with Crippen molar-refractivity contribution in [3.63, 3.8) is 0 Å². The van der Waals surface area contributed by atoms with Crippen molar-refractivity contribution in [3.05, 3.63) is 35.4 Å². The van der Waals surface area contributed by atoms with Gasteiger partial charge in [-0.2, -0.15) is 5.10 Å². The fraction of sp³-hybridized carbons (Fsp3) is 0.222. The smallest absolute Gasteiger partial charge is 0.323 e. The van der Waals surface area contributed by atoms with E-state index in [0.29, 0.717) is 5.56 Å². The molecule has 0 saturated carbocycles. The van der Waals surface area contributed by atoms with Gasteiger partial charge in [-0.25, -0.2) is 0 Å². The Balaban J connectivity index is 2.57. The molecule has 0 aromatic heterocycles. The van der Waals surface area contributed by atoms with Gasteiger partial charge in [0, 0.05) is 12.6 Å². The highest BCUT2D eigenvalue weighted by molar-refractivity contribution is 7.52. The predicted molar refractivity (Wildman–Crippen MR) is 56.6 cm³/mol. The molecule has 0 radical (unpaired) electrons. The van der Waals surface area contributed by atoms with Gasteiger partial charge in [-0.1, -0.05) is 24.3 Å². The van der Waals surface area contributed by atoms with Crippen molar-refractivity contribution in [1.29, 1.82) is 0 Å². The summed E-state index contributed by atoms with van der Waals surface area (Å²) in [6.45, 7) is 0. The van der Waals surface area contributed by atoms with Crippen molar-refractivity contribution >= 4 is 13.8 Å². The van der Waals surface area contributed by atoms with Crippen LogP contribution in [0, 0.1) is 0 Å². The highest BCUT2D eigenvalue weighted by Crippen LogP contribution is 2.54. The summed E-state index contributed by atoms with van der Waals surface area (Å²) in [5.41, 5.74) is 1.37. The van der Waals surface area contributed by atoms with Crippen molar-refractivity contribution in [2.45, 2.75) is 5.78 Å². The summed E-state index contributed by atoms with van der Waals surface area (Å²) in [5.74, 6) is -0.973. The van der Waals surface area contributed by atoms with Crippen molar-refractivity contribution in [2.75, 3.05) is 7.05 Å². The standard InChI is InChI=1S/C9H11N2O3P/c1-11-9(15(12,13)14)8-5-3-2-4-7(8)6-10-11/h2-6,9H,1H3,(H2,12,13,14). The molecule has 1 aliphatic heterocycles. The molecule has 1 heterocycles. The maximum Gasteiger partial charge on any atom is 0.353 e. The molecule has 1 aromatic rings. The lowest BCUT2D eigenvalue weighted by molar-refractivity contribution is 0.258. The summed E-state index contributed by atoms with van der Waals surface area (Å²) in [7, 11) is -2.67. The van der Waals surface area contributed by atoms with E-state index in [0.717, 1.165) is 5.56 Å². The molecule has 6 heteroatoms. The Morgan fingerprint density at radius 3 is 2.73 bits per heavy atom. The lowest BCUT2D eigenvalue weighted by Crippen LogP contribution is -2.24. The van der Waals surface area contributed by atoms with E-state index in [9.17, 15) is 14.4 Å². The van der Waals surface area contributed by atoms with Gasteiger partial charge in [0.1, 0.15) is 0 Å². The second-order valence-corrected chi connectivity index (χ2v) is 5.08. The molecule has 0 bridgehead atoms. The summed E-state index contributed by atoms with van der Waals surface area (Å²) < 4.78 is 11.3. The summed E-state index contributed by atoms with van der Waals surface area (Å²) in [6, 6.07) is 7.07. The first kappa shape index (κ1) is 10.4. The van der Waals surface area contributed by atoms with Gasteiger partial charge < -0.3 is 9.79 Å². The molecule has 0 spiro atoms. The first-order chi connectivity index (χ1) is 7.00. The molecule has 1 aromatic carbocycles. The van der Waals surface area contributed by atoms with Crippen molar-refractivity contribution in [2.24, 2.45) is 5.10 Å². The van der Waals surface area contributed by atoms with Gasteiger partial charge in [0.05, 0.1) is 6.21 Å². The van der Waals surface area contributed by atoms with Crippen LogP contribution < -0.4 is 0 Å². The molecule has 1 aliphatic rings. The molecule has 2 N–H and O–H groups in total. The van der Waals surface area contributed by atoms with E-state index in [2.05, 4.69) is 5.10 Å².